The minimum absolute atomic E-state index is 0.503. The van der Waals surface area contributed by atoms with E-state index in [4.69, 9.17) is 4.98 Å². The molecule has 5 heteroatoms. The fourth-order valence-corrected chi connectivity index (χ4v) is 2.96. The highest BCUT2D eigenvalue weighted by atomic mass is 32.1. The lowest BCUT2D eigenvalue weighted by Crippen LogP contribution is -2.30. The van der Waals surface area contributed by atoms with Crippen LogP contribution in [0.15, 0.2) is 11.6 Å². The van der Waals surface area contributed by atoms with Crippen molar-refractivity contribution in [2.75, 3.05) is 18.5 Å². The molecule has 0 spiro atoms. The number of imidazole rings is 1. The fourth-order valence-electron chi connectivity index (χ4n) is 2.23. The SMILES string of the molecule is CCC(C)N(C)c1nc2sccn2c1CNCC(C)C. The molecule has 2 rings (SSSR count). The summed E-state index contributed by atoms with van der Waals surface area (Å²) >= 11 is 1.70. The standard InChI is InChI=1S/C15H26N4S/c1-6-12(4)18(5)14-13(10-16-9-11(2)3)19-7-8-20-15(19)17-14/h7-8,11-12,16H,6,9-10H2,1-5H3. The highest BCUT2D eigenvalue weighted by Crippen LogP contribution is 2.25. The number of nitrogens with one attached hydrogen (secondary N) is 1. The van der Waals surface area contributed by atoms with E-state index in [0.717, 1.165) is 30.3 Å². The van der Waals surface area contributed by atoms with Crippen LogP contribution in [0.5, 0.6) is 0 Å². The normalized spacial score (nSPS) is 13.3. The lowest BCUT2D eigenvalue weighted by atomic mass is 10.2. The Morgan fingerprint density at radius 2 is 2.15 bits per heavy atom. The Morgan fingerprint density at radius 3 is 2.80 bits per heavy atom. The van der Waals surface area contributed by atoms with Gasteiger partial charge in [0.25, 0.3) is 0 Å². The van der Waals surface area contributed by atoms with E-state index in [1.807, 2.05) is 0 Å². The van der Waals surface area contributed by atoms with Crippen molar-refractivity contribution in [1.82, 2.24) is 14.7 Å². The van der Waals surface area contributed by atoms with Crippen LogP contribution >= 0.6 is 11.3 Å². The zero-order valence-electron chi connectivity index (χ0n) is 13.2. The molecule has 0 bridgehead atoms. The van der Waals surface area contributed by atoms with E-state index < -0.39 is 0 Å². The highest BCUT2D eigenvalue weighted by Gasteiger charge is 2.19. The van der Waals surface area contributed by atoms with Gasteiger partial charge < -0.3 is 10.2 Å². The van der Waals surface area contributed by atoms with Crippen molar-refractivity contribution >= 4 is 22.1 Å². The summed E-state index contributed by atoms with van der Waals surface area (Å²) < 4.78 is 2.21. The van der Waals surface area contributed by atoms with Crippen LogP contribution in [0.1, 0.15) is 39.8 Å². The summed E-state index contributed by atoms with van der Waals surface area (Å²) in [5.41, 5.74) is 1.27. The summed E-state index contributed by atoms with van der Waals surface area (Å²) in [5, 5.41) is 5.64. The van der Waals surface area contributed by atoms with E-state index in [2.05, 4.69) is 60.9 Å². The van der Waals surface area contributed by atoms with E-state index in [1.54, 1.807) is 11.3 Å². The second-order valence-electron chi connectivity index (χ2n) is 5.83. The maximum absolute atomic E-state index is 4.81. The monoisotopic (exact) mass is 294 g/mol. The van der Waals surface area contributed by atoms with Gasteiger partial charge in [-0.25, -0.2) is 4.98 Å². The first kappa shape index (κ1) is 15.3. The molecule has 0 amide bonds. The van der Waals surface area contributed by atoms with Gasteiger partial charge in [0, 0.05) is 31.2 Å². The summed E-state index contributed by atoms with van der Waals surface area (Å²) in [6, 6.07) is 0.503. The Kier molecular flexibility index (Phi) is 5.05. The van der Waals surface area contributed by atoms with E-state index in [9.17, 15) is 0 Å². The average molecular weight is 294 g/mol. The van der Waals surface area contributed by atoms with Gasteiger partial charge in [-0.15, -0.1) is 11.3 Å². The zero-order chi connectivity index (χ0) is 14.7. The molecule has 112 valence electrons. The summed E-state index contributed by atoms with van der Waals surface area (Å²) in [4.78, 5) is 8.18. The minimum atomic E-state index is 0.503. The number of thiazole rings is 1. The molecule has 1 atom stereocenters. The van der Waals surface area contributed by atoms with E-state index in [1.165, 1.54) is 5.69 Å². The van der Waals surface area contributed by atoms with Crippen molar-refractivity contribution in [3.05, 3.63) is 17.3 Å². The summed E-state index contributed by atoms with van der Waals surface area (Å²) in [6.07, 6.45) is 3.24. The van der Waals surface area contributed by atoms with E-state index in [-0.39, 0.29) is 0 Å². The number of rotatable bonds is 7. The molecule has 0 aliphatic carbocycles. The largest absolute Gasteiger partial charge is 0.355 e. The molecule has 0 saturated carbocycles. The van der Waals surface area contributed by atoms with Gasteiger partial charge in [-0.05, 0) is 25.8 Å². The Morgan fingerprint density at radius 1 is 1.40 bits per heavy atom. The third kappa shape index (κ3) is 3.15. The first-order valence-electron chi connectivity index (χ1n) is 7.42. The van der Waals surface area contributed by atoms with Gasteiger partial charge in [0.2, 0.25) is 0 Å². The lowest BCUT2D eigenvalue weighted by molar-refractivity contribution is 0.545. The van der Waals surface area contributed by atoms with Crippen molar-refractivity contribution in [3.8, 4) is 0 Å². The molecule has 0 aliphatic rings. The number of anilines is 1. The van der Waals surface area contributed by atoms with Gasteiger partial charge in [-0.3, -0.25) is 4.40 Å². The fraction of sp³-hybridized carbons (Fsp3) is 0.667. The quantitative estimate of drug-likeness (QED) is 0.850. The smallest absolute Gasteiger partial charge is 0.195 e. The van der Waals surface area contributed by atoms with Crippen LogP contribution in [-0.4, -0.2) is 29.0 Å². The second kappa shape index (κ2) is 6.59. The predicted octanol–water partition coefficient (Wildman–Crippen LogP) is 3.38. The van der Waals surface area contributed by atoms with Crippen molar-refractivity contribution in [2.24, 2.45) is 5.92 Å². The molecule has 0 saturated heterocycles. The predicted molar refractivity (Wildman–Crippen MR) is 87.8 cm³/mol. The number of aromatic nitrogens is 2. The molecule has 0 aliphatic heterocycles. The van der Waals surface area contributed by atoms with Crippen LogP contribution in [0, 0.1) is 5.92 Å². The molecule has 20 heavy (non-hydrogen) atoms. The van der Waals surface area contributed by atoms with Crippen LogP contribution in [0.25, 0.3) is 4.96 Å². The minimum Gasteiger partial charge on any atom is -0.355 e. The summed E-state index contributed by atoms with van der Waals surface area (Å²) in [7, 11) is 2.15. The topological polar surface area (TPSA) is 32.6 Å². The van der Waals surface area contributed by atoms with E-state index >= 15 is 0 Å². The Balaban J connectivity index is 2.26. The molecule has 1 unspecified atom stereocenters. The van der Waals surface area contributed by atoms with Crippen LogP contribution in [-0.2, 0) is 6.54 Å². The van der Waals surface area contributed by atoms with Crippen molar-refractivity contribution in [1.29, 1.82) is 0 Å². The first-order chi connectivity index (χ1) is 9.54. The van der Waals surface area contributed by atoms with Gasteiger partial charge in [0.1, 0.15) is 0 Å². The number of nitrogens with zero attached hydrogens (tertiary/aromatic N) is 3. The molecule has 0 fully saturated rings. The number of hydrogen-bond acceptors (Lipinski definition) is 4. The van der Waals surface area contributed by atoms with Gasteiger partial charge in [0.05, 0.1) is 5.69 Å². The van der Waals surface area contributed by atoms with Gasteiger partial charge in [-0.1, -0.05) is 20.8 Å². The van der Waals surface area contributed by atoms with Crippen molar-refractivity contribution in [3.63, 3.8) is 0 Å². The molecular weight excluding hydrogens is 268 g/mol. The van der Waals surface area contributed by atoms with Crippen molar-refractivity contribution in [2.45, 2.75) is 46.7 Å². The maximum atomic E-state index is 4.81. The second-order valence-corrected chi connectivity index (χ2v) is 6.70. The van der Waals surface area contributed by atoms with Crippen LogP contribution in [0.2, 0.25) is 0 Å². The number of fused-ring (bicyclic) bond motifs is 1. The van der Waals surface area contributed by atoms with Crippen LogP contribution in [0.4, 0.5) is 5.82 Å². The molecule has 2 heterocycles. The average Bonchev–Trinajstić information content (AvgIpc) is 2.98. The molecular formula is C15H26N4S. The maximum Gasteiger partial charge on any atom is 0.195 e. The lowest BCUT2D eigenvalue weighted by Gasteiger charge is -2.25. The van der Waals surface area contributed by atoms with Crippen LogP contribution in [0.3, 0.4) is 0 Å². The van der Waals surface area contributed by atoms with E-state index in [0.29, 0.717) is 12.0 Å². The van der Waals surface area contributed by atoms with Gasteiger partial charge in [-0.2, -0.15) is 0 Å². The molecule has 0 radical (unpaired) electrons. The Bertz CT molecular complexity index is 543. The molecule has 0 aromatic carbocycles. The number of hydrogen-bond donors (Lipinski definition) is 1. The Hall–Kier alpha value is -1.07. The molecule has 2 aromatic heterocycles. The molecule has 4 nitrogen and oxygen atoms in total. The van der Waals surface area contributed by atoms with Crippen LogP contribution < -0.4 is 10.2 Å². The Labute approximate surface area is 125 Å². The third-order valence-corrected chi connectivity index (χ3v) is 4.53. The molecule has 1 N–H and O–H groups in total. The first-order valence-corrected chi connectivity index (χ1v) is 8.30. The molecule has 2 aromatic rings. The third-order valence-electron chi connectivity index (χ3n) is 3.77. The highest BCUT2D eigenvalue weighted by molar-refractivity contribution is 7.15. The van der Waals surface area contributed by atoms with Gasteiger partial charge >= 0.3 is 0 Å². The summed E-state index contributed by atoms with van der Waals surface area (Å²) in [6.45, 7) is 10.8. The zero-order valence-corrected chi connectivity index (χ0v) is 14.0. The van der Waals surface area contributed by atoms with Gasteiger partial charge in [0.15, 0.2) is 10.8 Å². The van der Waals surface area contributed by atoms with Crippen molar-refractivity contribution < 1.29 is 0 Å². The summed E-state index contributed by atoms with van der Waals surface area (Å²) in [5.74, 6) is 1.78.